The molecule has 2 aliphatic heterocycles. The number of nitrogens with zero attached hydrogens (tertiary/aromatic N) is 2. The molecule has 3 atom stereocenters. The Balaban J connectivity index is 1.50. The normalized spacial score (nSPS) is 20.2. The van der Waals surface area contributed by atoms with Gasteiger partial charge in [0.1, 0.15) is 17.1 Å². The van der Waals surface area contributed by atoms with Crippen LogP contribution in [0, 0.1) is 0 Å². The lowest BCUT2D eigenvalue weighted by molar-refractivity contribution is -0.174. The minimum absolute atomic E-state index is 0.000179. The zero-order valence-corrected chi connectivity index (χ0v) is 17.2. The molecule has 0 radical (unpaired) electrons. The Kier molecular flexibility index (Phi) is 4.96. The first kappa shape index (κ1) is 21.2. The lowest BCUT2D eigenvalue weighted by Gasteiger charge is -2.32. The number of fused-ring (bicyclic) bond motifs is 2. The smallest absolute Gasteiger partial charge is 0.410 e. The number of aliphatic hydroxyl groups is 1. The van der Waals surface area contributed by atoms with Gasteiger partial charge < -0.3 is 29.6 Å². The van der Waals surface area contributed by atoms with Crippen LogP contribution in [0.4, 0.5) is 24.7 Å². The number of carbonyl (C=O) groups is 1. The summed E-state index contributed by atoms with van der Waals surface area (Å²) >= 11 is 0. The maximum Gasteiger partial charge on any atom is 0.410 e. The zero-order valence-electron chi connectivity index (χ0n) is 17.2. The number of carbonyl (C=O) groups excluding carboxylic acids is 1. The number of nitrogens with one attached hydrogen (secondary N) is 2. The van der Waals surface area contributed by atoms with Gasteiger partial charge in [0.15, 0.2) is 17.5 Å². The second-order valence-corrected chi connectivity index (χ2v) is 7.78. The first-order chi connectivity index (χ1) is 15.7. The molecule has 33 heavy (non-hydrogen) atoms. The molecule has 0 fully saturated rings. The molecule has 1 aromatic carbocycles. The van der Waals surface area contributed by atoms with Gasteiger partial charge in [-0.1, -0.05) is 0 Å². The van der Waals surface area contributed by atoms with Crippen LogP contribution in [0.3, 0.4) is 0 Å². The van der Waals surface area contributed by atoms with E-state index in [-0.39, 0.29) is 30.3 Å². The third-order valence-corrected chi connectivity index (χ3v) is 5.61. The van der Waals surface area contributed by atoms with E-state index in [0.717, 1.165) is 10.9 Å². The average molecular weight is 464 g/mol. The van der Waals surface area contributed by atoms with E-state index in [1.54, 1.807) is 18.2 Å². The highest BCUT2D eigenvalue weighted by molar-refractivity contribution is 6.08. The highest BCUT2D eigenvalue weighted by Gasteiger charge is 2.47. The van der Waals surface area contributed by atoms with Crippen molar-refractivity contribution < 1.29 is 37.0 Å². The molecular formula is C21H19F3N4O5. The van der Waals surface area contributed by atoms with Crippen molar-refractivity contribution in [2.24, 2.45) is 0 Å². The summed E-state index contributed by atoms with van der Waals surface area (Å²) in [7, 11) is 0. The Morgan fingerprint density at radius 1 is 1.33 bits per heavy atom. The quantitative estimate of drug-likeness (QED) is 0.532. The van der Waals surface area contributed by atoms with Crippen molar-refractivity contribution in [1.29, 1.82) is 0 Å². The highest BCUT2D eigenvalue weighted by Crippen LogP contribution is 2.45. The molecule has 2 aromatic heterocycles. The fourth-order valence-corrected chi connectivity index (χ4v) is 4.01. The molecule has 4 heterocycles. The monoisotopic (exact) mass is 464 g/mol. The third kappa shape index (κ3) is 3.75. The van der Waals surface area contributed by atoms with Gasteiger partial charge in [-0.15, -0.1) is 0 Å². The van der Waals surface area contributed by atoms with Gasteiger partial charge in [-0.2, -0.15) is 18.3 Å². The molecule has 2 aliphatic rings. The Morgan fingerprint density at radius 2 is 2.09 bits per heavy atom. The fourth-order valence-electron chi connectivity index (χ4n) is 4.01. The molecule has 0 aliphatic carbocycles. The number of amides is 1. The summed E-state index contributed by atoms with van der Waals surface area (Å²) in [5.41, 5.74) is 0.517. The highest BCUT2D eigenvalue weighted by atomic mass is 19.4. The van der Waals surface area contributed by atoms with E-state index in [2.05, 4.69) is 15.7 Å². The number of aliphatic hydroxyl groups excluding tert-OH is 1. The molecule has 0 spiro atoms. The molecular weight excluding hydrogens is 445 g/mol. The largest absolute Gasteiger partial charge is 0.467 e. The number of furan rings is 1. The van der Waals surface area contributed by atoms with Crippen LogP contribution in [0.5, 0.6) is 11.5 Å². The lowest BCUT2D eigenvalue weighted by Crippen LogP contribution is -2.36. The summed E-state index contributed by atoms with van der Waals surface area (Å²) in [6.07, 6.45) is -3.43. The van der Waals surface area contributed by atoms with Crippen molar-refractivity contribution in [2.45, 2.75) is 37.7 Å². The summed E-state index contributed by atoms with van der Waals surface area (Å²) in [4.78, 5) is 13.1. The van der Waals surface area contributed by atoms with Crippen molar-refractivity contribution in [3.05, 3.63) is 53.6 Å². The number of ether oxygens (including phenoxy) is 2. The maximum atomic E-state index is 13.8. The number of halogens is 3. The first-order valence-corrected chi connectivity index (χ1v) is 10.1. The molecule has 9 nitrogen and oxygen atoms in total. The van der Waals surface area contributed by atoms with E-state index in [9.17, 15) is 23.1 Å². The molecule has 1 amide bonds. The summed E-state index contributed by atoms with van der Waals surface area (Å²) in [5, 5.41) is 19.6. The van der Waals surface area contributed by atoms with Gasteiger partial charge in [0, 0.05) is 18.1 Å². The predicted molar refractivity (Wildman–Crippen MR) is 108 cm³/mol. The second kappa shape index (κ2) is 7.73. The Bertz CT molecular complexity index is 1190. The Hall–Kier alpha value is -3.67. The van der Waals surface area contributed by atoms with Crippen LogP contribution in [-0.2, 0) is 0 Å². The number of anilines is 2. The molecule has 0 bridgehead atoms. The summed E-state index contributed by atoms with van der Waals surface area (Å²) in [5.74, 6) is 0.324. The molecule has 0 saturated heterocycles. The number of alkyl halides is 3. The van der Waals surface area contributed by atoms with Gasteiger partial charge in [-0.3, -0.25) is 4.79 Å². The molecule has 3 aromatic rings. The van der Waals surface area contributed by atoms with E-state index in [0.29, 0.717) is 22.8 Å². The number of hydrogen-bond acceptors (Lipinski definition) is 7. The fraction of sp³-hybridized carbons (Fsp3) is 0.333. The van der Waals surface area contributed by atoms with Crippen LogP contribution in [0.1, 0.15) is 53.2 Å². The van der Waals surface area contributed by atoms with Crippen molar-refractivity contribution in [2.75, 3.05) is 17.4 Å². The standard InChI is InChI=1S/C21H19F3N4O5/c1-10(29)11-5-16-17(33-9-32-16)6-13(11)27-20(30)12-8-25-28-18(21(22,23)24)7-14(26-19(12)28)15-3-2-4-31-15/h2-6,8,10,14,18,26,29H,7,9H2,1H3,(H,27,30)/t10-,14-,18+/m0/s1. The second-order valence-electron chi connectivity index (χ2n) is 7.78. The van der Waals surface area contributed by atoms with Crippen LogP contribution in [0.25, 0.3) is 0 Å². The van der Waals surface area contributed by atoms with E-state index < -0.39 is 30.3 Å². The van der Waals surface area contributed by atoms with Crippen LogP contribution in [0.15, 0.2) is 41.1 Å². The van der Waals surface area contributed by atoms with E-state index in [1.165, 1.54) is 19.3 Å². The van der Waals surface area contributed by atoms with E-state index in [1.807, 2.05) is 0 Å². The predicted octanol–water partition coefficient (Wildman–Crippen LogP) is 4.17. The van der Waals surface area contributed by atoms with Crippen molar-refractivity contribution in [3.8, 4) is 11.5 Å². The molecule has 174 valence electrons. The molecule has 0 unspecified atom stereocenters. The van der Waals surface area contributed by atoms with Gasteiger partial charge >= 0.3 is 6.18 Å². The van der Waals surface area contributed by atoms with E-state index >= 15 is 0 Å². The van der Waals surface area contributed by atoms with Gasteiger partial charge in [0.05, 0.1) is 30.3 Å². The summed E-state index contributed by atoms with van der Waals surface area (Å²) in [6, 6.07) is 3.44. The van der Waals surface area contributed by atoms with Gasteiger partial charge in [0.25, 0.3) is 5.91 Å². The van der Waals surface area contributed by atoms with Crippen LogP contribution in [0.2, 0.25) is 0 Å². The minimum Gasteiger partial charge on any atom is -0.467 e. The average Bonchev–Trinajstić information content (AvgIpc) is 3.50. The van der Waals surface area contributed by atoms with Gasteiger partial charge in [-0.05, 0) is 25.1 Å². The van der Waals surface area contributed by atoms with Crippen molar-refractivity contribution in [1.82, 2.24) is 9.78 Å². The van der Waals surface area contributed by atoms with Crippen molar-refractivity contribution in [3.63, 3.8) is 0 Å². The Morgan fingerprint density at radius 3 is 2.76 bits per heavy atom. The molecule has 0 saturated carbocycles. The van der Waals surface area contributed by atoms with Crippen LogP contribution in [-0.4, -0.2) is 33.8 Å². The molecule has 3 N–H and O–H groups in total. The number of rotatable bonds is 4. The number of benzene rings is 1. The first-order valence-electron chi connectivity index (χ1n) is 10.1. The topological polar surface area (TPSA) is 111 Å². The van der Waals surface area contributed by atoms with Crippen LogP contribution < -0.4 is 20.1 Å². The van der Waals surface area contributed by atoms with Gasteiger partial charge in [0.2, 0.25) is 6.79 Å². The van der Waals surface area contributed by atoms with E-state index in [4.69, 9.17) is 13.9 Å². The van der Waals surface area contributed by atoms with Gasteiger partial charge in [-0.25, -0.2) is 4.68 Å². The third-order valence-electron chi connectivity index (χ3n) is 5.61. The SMILES string of the molecule is C[C@H](O)c1cc2c(cc1NC(=O)c1cnn3c1N[C@H](c1ccco1)C[C@@H]3C(F)(F)F)OCO2. The maximum absolute atomic E-state index is 13.8. The Labute approximate surface area is 185 Å². The molecule has 5 rings (SSSR count). The minimum atomic E-state index is -4.59. The van der Waals surface area contributed by atoms with Crippen LogP contribution >= 0.6 is 0 Å². The number of aromatic nitrogens is 2. The molecule has 12 heteroatoms. The summed E-state index contributed by atoms with van der Waals surface area (Å²) in [6.45, 7) is 1.51. The van der Waals surface area contributed by atoms with Crippen molar-refractivity contribution >= 4 is 17.4 Å². The summed E-state index contributed by atoms with van der Waals surface area (Å²) < 4.78 is 58.0. The lowest BCUT2D eigenvalue weighted by atomic mass is 10.0. The number of hydrogen-bond donors (Lipinski definition) is 3. The zero-order chi connectivity index (χ0) is 23.3.